The second-order valence-corrected chi connectivity index (χ2v) is 6.85. The molecular formula is C20H25N5O2. The van der Waals surface area contributed by atoms with Gasteiger partial charge in [0.25, 0.3) is 0 Å². The van der Waals surface area contributed by atoms with Crippen LogP contribution in [-0.4, -0.2) is 45.1 Å². The van der Waals surface area contributed by atoms with Crippen LogP contribution in [0.1, 0.15) is 42.6 Å². The van der Waals surface area contributed by atoms with E-state index < -0.39 is 0 Å². The molecule has 142 valence electrons. The van der Waals surface area contributed by atoms with Crippen molar-refractivity contribution in [1.82, 2.24) is 24.8 Å². The van der Waals surface area contributed by atoms with Gasteiger partial charge in [0.2, 0.25) is 5.89 Å². The topological polar surface area (TPSA) is 69.2 Å². The predicted molar refractivity (Wildman–Crippen MR) is 100 cm³/mol. The molecule has 0 N–H and O–H groups in total. The molecule has 0 spiro atoms. The van der Waals surface area contributed by atoms with Crippen LogP contribution >= 0.6 is 0 Å². The van der Waals surface area contributed by atoms with E-state index in [1.807, 2.05) is 23.0 Å². The highest BCUT2D eigenvalue weighted by atomic mass is 16.5. The van der Waals surface area contributed by atoms with Crippen LogP contribution in [0.4, 0.5) is 0 Å². The summed E-state index contributed by atoms with van der Waals surface area (Å²) in [5.41, 5.74) is 2.35. The first-order chi connectivity index (χ1) is 13.3. The van der Waals surface area contributed by atoms with E-state index in [2.05, 4.69) is 38.3 Å². The Bertz CT molecular complexity index is 846. The van der Waals surface area contributed by atoms with Crippen LogP contribution in [0.2, 0.25) is 0 Å². The zero-order valence-electron chi connectivity index (χ0n) is 15.6. The molecule has 27 heavy (non-hydrogen) atoms. The Balaban J connectivity index is 1.55. The minimum atomic E-state index is 0.160. The van der Waals surface area contributed by atoms with Gasteiger partial charge in [-0.3, -0.25) is 4.90 Å². The number of rotatable bonds is 7. The Hall–Kier alpha value is -2.51. The lowest BCUT2D eigenvalue weighted by atomic mass is 10.0. The van der Waals surface area contributed by atoms with Crippen molar-refractivity contribution in [3.8, 4) is 5.69 Å². The van der Waals surface area contributed by atoms with Gasteiger partial charge in [-0.1, -0.05) is 29.8 Å². The van der Waals surface area contributed by atoms with E-state index in [-0.39, 0.29) is 6.04 Å². The maximum Gasteiger partial charge on any atom is 0.244 e. The number of hydrogen-bond donors (Lipinski definition) is 0. The molecule has 1 aliphatic rings. The first-order valence-electron chi connectivity index (χ1n) is 9.48. The number of piperidine rings is 1. The van der Waals surface area contributed by atoms with Crippen LogP contribution in [0.5, 0.6) is 0 Å². The number of aromatic nitrogens is 4. The average molecular weight is 367 g/mol. The number of benzene rings is 1. The number of likely N-dealkylation sites (tertiary alicyclic amines) is 1. The smallest absolute Gasteiger partial charge is 0.244 e. The average Bonchev–Trinajstić information content (AvgIpc) is 3.39. The standard InChI is InChI=1S/C20H25N5O2/c1-26-14-10-19-22-20(27-23-19)18-9-4-5-12-24(18)15-16-7-2-3-8-17(16)25-13-6-11-21-25/h2-3,6-8,11,13,18H,4-5,9-10,12,14-15H2,1H3. The number of hydrogen-bond acceptors (Lipinski definition) is 6. The third-order valence-corrected chi connectivity index (χ3v) is 5.03. The fraction of sp³-hybridized carbons (Fsp3) is 0.450. The summed E-state index contributed by atoms with van der Waals surface area (Å²) in [6.45, 7) is 2.45. The second-order valence-electron chi connectivity index (χ2n) is 6.85. The van der Waals surface area contributed by atoms with Gasteiger partial charge >= 0.3 is 0 Å². The summed E-state index contributed by atoms with van der Waals surface area (Å²) in [6.07, 6.45) is 7.86. The molecule has 4 rings (SSSR count). The zero-order chi connectivity index (χ0) is 18.5. The second kappa shape index (κ2) is 8.45. The SMILES string of the molecule is COCCc1noc(C2CCCCN2Cc2ccccc2-n2cccn2)n1. The van der Waals surface area contributed by atoms with E-state index in [4.69, 9.17) is 9.26 Å². The molecule has 1 aliphatic heterocycles. The third-order valence-electron chi connectivity index (χ3n) is 5.03. The minimum absolute atomic E-state index is 0.160. The van der Waals surface area contributed by atoms with Gasteiger partial charge in [-0.25, -0.2) is 4.68 Å². The van der Waals surface area contributed by atoms with Crippen molar-refractivity contribution in [3.63, 3.8) is 0 Å². The van der Waals surface area contributed by atoms with E-state index in [0.717, 1.165) is 31.1 Å². The monoisotopic (exact) mass is 367 g/mol. The largest absolute Gasteiger partial charge is 0.384 e. The van der Waals surface area contributed by atoms with Crippen molar-refractivity contribution in [2.75, 3.05) is 20.3 Å². The number of nitrogens with zero attached hydrogens (tertiary/aromatic N) is 5. The van der Waals surface area contributed by atoms with Crippen LogP contribution in [0.25, 0.3) is 5.69 Å². The summed E-state index contributed by atoms with van der Waals surface area (Å²) >= 11 is 0. The van der Waals surface area contributed by atoms with Gasteiger partial charge in [-0.15, -0.1) is 0 Å². The minimum Gasteiger partial charge on any atom is -0.384 e. The fourth-order valence-electron chi connectivity index (χ4n) is 3.66. The molecule has 7 nitrogen and oxygen atoms in total. The van der Waals surface area contributed by atoms with Gasteiger partial charge in [0.15, 0.2) is 5.82 Å². The third kappa shape index (κ3) is 4.09. The van der Waals surface area contributed by atoms with Crippen LogP contribution in [0, 0.1) is 0 Å². The first-order valence-corrected chi connectivity index (χ1v) is 9.48. The van der Waals surface area contributed by atoms with Crippen molar-refractivity contribution >= 4 is 0 Å². The molecule has 3 aromatic rings. The summed E-state index contributed by atoms with van der Waals surface area (Å²) in [7, 11) is 1.68. The quantitative estimate of drug-likeness (QED) is 0.639. The van der Waals surface area contributed by atoms with Gasteiger partial charge in [-0.2, -0.15) is 10.1 Å². The molecular weight excluding hydrogens is 342 g/mol. The summed E-state index contributed by atoms with van der Waals surface area (Å²) in [6, 6.07) is 10.5. The van der Waals surface area contributed by atoms with Crippen LogP contribution in [0.3, 0.4) is 0 Å². The number of para-hydroxylation sites is 1. The lowest BCUT2D eigenvalue weighted by Crippen LogP contribution is -2.33. The van der Waals surface area contributed by atoms with E-state index in [9.17, 15) is 0 Å². The van der Waals surface area contributed by atoms with Gasteiger partial charge < -0.3 is 9.26 Å². The number of ether oxygens (including phenoxy) is 1. The highest BCUT2D eigenvalue weighted by Crippen LogP contribution is 2.32. The normalized spacial score (nSPS) is 18.0. The van der Waals surface area contributed by atoms with Crippen molar-refractivity contribution in [1.29, 1.82) is 0 Å². The Labute approximate surface area is 158 Å². The van der Waals surface area contributed by atoms with Gasteiger partial charge in [0, 0.05) is 32.5 Å². The Kier molecular flexibility index (Phi) is 5.60. The first kappa shape index (κ1) is 17.9. The van der Waals surface area contributed by atoms with Crippen LogP contribution in [0.15, 0.2) is 47.2 Å². The molecule has 3 heterocycles. The number of methoxy groups -OCH3 is 1. The molecule has 0 saturated carbocycles. The maximum absolute atomic E-state index is 5.60. The van der Waals surface area contributed by atoms with Crippen molar-refractivity contribution in [3.05, 3.63) is 60.0 Å². The molecule has 0 aliphatic carbocycles. The highest BCUT2D eigenvalue weighted by molar-refractivity contribution is 5.40. The Morgan fingerprint density at radius 3 is 3.00 bits per heavy atom. The summed E-state index contributed by atoms with van der Waals surface area (Å²) in [5, 5.41) is 8.52. The highest BCUT2D eigenvalue weighted by Gasteiger charge is 2.29. The molecule has 0 amide bonds. The van der Waals surface area contributed by atoms with Gasteiger partial charge in [0.05, 0.1) is 18.3 Å². The van der Waals surface area contributed by atoms with Gasteiger partial charge in [-0.05, 0) is 37.1 Å². The lowest BCUT2D eigenvalue weighted by Gasteiger charge is -2.33. The van der Waals surface area contributed by atoms with Crippen molar-refractivity contribution in [2.45, 2.75) is 38.3 Å². The molecule has 1 saturated heterocycles. The molecule has 1 fully saturated rings. The molecule has 1 unspecified atom stereocenters. The molecule has 7 heteroatoms. The van der Waals surface area contributed by atoms with Crippen molar-refractivity contribution < 1.29 is 9.26 Å². The summed E-state index contributed by atoms with van der Waals surface area (Å²) < 4.78 is 12.6. The Morgan fingerprint density at radius 2 is 2.15 bits per heavy atom. The summed E-state index contributed by atoms with van der Waals surface area (Å²) in [5.74, 6) is 1.44. The van der Waals surface area contributed by atoms with E-state index in [1.165, 1.54) is 18.4 Å². The maximum atomic E-state index is 5.60. The Morgan fingerprint density at radius 1 is 1.22 bits per heavy atom. The molecule has 0 bridgehead atoms. The zero-order valence-corrected chi connectivity index (χ0v) is 15.6. The van der Waals surface area contributed by atoms with E-state index in [1.54, 1.807) is 13.3 Å². The fourth-order valence-corrected chi connectivity index (χ4v) is 3.66. The molecule has 1 aromatic carbocycles. The van der Waals surface area contributed by atoms with E-state index in [0.29, 0.717) is 18.9 Å². The lowest BCUT2D eigenvalue weighted by molar-refractivity contribution is 0.111. The summed E-state index contributed by atoms with van der Waals surface area (Å²) in [4.78, 5) is 7.06. The predicted octanol–water partition coefficient (Wildman–Crippen LogP) is 3.17. The van der Waals surface area contributed by atoms with Gasteiger partial charge in [0.1, 0.15) is 0 Å². The molecule has 0 radical (unpaired) electrons. The molecule has 2 aromatic heterocycles. The van der Waals surface area contributed by atoms with E-state index >= 15 is 0 Å². The molecule has 1 atom stereocenters. The van der Waals surface area contributed by atoms with Crippen LogP contribution < -0.4 is 0 Å². The van der Waals surface area contributed by atoms with Crippen LogP contribution in [-0.2, 0) is 17.7 Å². The van der Waals surface area contributed by atoms with Crippen molar-refractivity contribution in [2.24, 2.45) is 0 Å².